The molecule has 0 unspecified atom stereocenters. The zero-order valence-corrected chi connectivity index (χ0v) is 25.4. The summed E-state index contributed by atoms with van der Waals surface area (Å²) in [4.78, 5) is 33.7. The summed E-state index contributed by atoms with van der Waals surface area (Å²) in [6, 6.07) is 7.62. The molecule has 0 atom stereocenters. The maximum atomic E-state index is 12.0. The quantitative estimate of drug-likeness (QED) is 0.102. The normalized spacial score (nSPS) is 11.0. The van der Waals surface area contributed by atoms with Gasteiger partial charge in [-0.2, -0.15) is 0 Å². The number of carbonyl (C=O) groups is 2. The van der Waals surface area contributed by atoms with Crippen LogP contribution in [0.5, 0.6) is 0 Å². The van der Waals surface area contributed by atoms with E-state index in [2.05, 4.69) is 42.6 Å². The lowest BCUT2D eigenvalue weighted by atomic mass is 10.1. The molecule has 216 valence electrons. The van der Waals surface area contributed by atoms with Gasteiger partial charge in [-0.15, -0.1) is 0 Å². The lowest BCUT2D eigenvalue weighted by Gasteiger charge is -2.21. The molecule has 0 aliphatic heterocycles. The number of hydrogen-bond donors (Lipinski definition) is 1. The highest BCUT2D eigenvalue weighted by Crippen LogP contribution is 2.21. The summed E-state index contributed by atoms with van der Waals surface area (Å²) in [6.07, 6.45) is 15.3. The number of esters is 1. The molecule has 7 heteroatoms. The van der Waals surface area contributed by atoms with E-state index >= 15 is 0 Å². The Morgan fingerprint density at radius 2 is 1.37 bits per heavy atom. The van der Waals surface area contributed by atoms with Crippen LogP contribution < -0.4 is 0 Å². The molecule has 2 aromatic rings. The number of fused-ring (bicyclic) bond motifs is 1. The maximum absolute atomic E-state index is 12.0. The number of benzene rings is 1. The van der Waals surface area contributed by atoms with Crippen LogP contribution in [0.4, 0.5) is 0 Å². The molecule has 0 bridgehead atoms. The highest BCUT2D eigenvalue weighted by molar-refractivity contribution is 8.13. The Labute approximate surface area is 236 Å². The van der Waals surface area contributed by atoms with Gasteiger partial charge in [-0.05, 0) is 69.2 Å². The number of nitrogens with one attached hydrogen (secondary N) is 1. The van der Waals surface area contributed by atoms with Crippen LogP contribution in [-0.4, -0.2) is 52.2 Å². The fourth-order valence-electron chi connectivity index (χ4n) is 3.96. The molecule has 0 saturated heterocycles. The number of unbranched alkanes of at least 4 members (excludes halogenated alkanes) is 8. The van der Waals surface area contributed by atoms with Crippen molar-refractivity contribution < 1.29 is 14.3 Å². The van der Waals surface area contributed by atoms with Gasteiger partial charge >= 0.3 is 5.97 Å². The topological polar surface area (TPSA) is 75.3 Å². The van der Waals surface area contributed by atoms with Gasteiger partial charge in [0.05, 0.1) is 24.1 Å². The molecular formula is C31H53N3O3S. The zero-order valence-electron chi connectivity index (χ0n) is 24.6. The third-order valence-electron chi connectivity index (χ3n) is 6.36. The zero-order chi connectivity index (χ0) is 27.8. The molecule has 0 fully saturated rings. The molecule has 0 spiro atoms. The molecule has 0 aliphatic rings. The Hall–Kier alpha value is -1.86. The van der Waals surface area contributed by atoms with E-state index in [1.165, 1.54) is 83.8 Å². The number of para-hydroxylation sites is 2. The standard InChI is InChI=1S/C19H26N2O3S.C12H27N/c1-2-3-4-5-6-9-14-24-17(22)12-13-18(23)25-19-20-15-10-7-8-11-16(15)21-19;1-4-7-10-13(11-8-5-2)12-9-6-3/h7-8,10-11H,2-6,9,12-14H2,1H3,(H,20,21);4-12H2,1-3H3. The van der Waals surface area contributed by atoms with Crippen LogP contribution in [0.25, 0.3) is 11.0 Å². The Morgan fingerprint density at radius 1 is 0.789 bits per heavy atom. The molecule has 1 aromatic heterocycles. The minimum atomic E-state index is -0.299. The lowest BCUT2D eigenvalue weighted by molar-refractivity contribution is -0.144. The Morgan fingerprint density at radius 3 is 1.97 bits per heavy atom. The monoisotopic (exact) mass is 547 g/mol. The maximum Gasteiger partial charge on any atom is 0.306 e. The van der Waals surface area contributed by atoms with Crippen LogP contribution in [0.15, 0.2) is 29.4 Å². The molecule has 2 rings (SSSR count). The summed E-state index contributed by atoms with van der Waals surface area (Å²) in [6.45, 7) is 13.4. The van der Waals surface area contributed by atoms with Crippen molar-refractivity contribution in [1.29, 1.82) is 0 Å². The predicted molar refractivity (Wildman–Crippen MR) is 162 cm³/mol. The van der Waals surface area contributed by atoms with Crippen molar-refractivity contribution in [1.82, 2.24) is 14.9 Å². The molecule has 6 nitrogen and oxygen atoms in total. The highest BCUT2D eigenvalue weighted by atomic mass is 32.2. The number of ether oxygens (including phenoxy) is 1. The predicted octanol–water partition coefficient (Wildman–Crippen LogP) is 8.55. The molecule has 0 radical (unpaired) electrons. The van der Waals surface area contributed by atoms with Crippen molar-refractivity contribution >= 4 is 33.9 Å². The van der Waals surface area contributed by atoms with Crippen LogP contribution in [0, 0.1) is 0 Å². The Kier molecular flexibility index (Phi) is 20.7. The summed E-state index contributed by atoms with van der Waals surface area (Å²) >= 11 is 1.04. The van der Waals surface area contributed by atoms with Crippen LogP contribution in [-0.2, 0) is 14.3 Å². The Balaban J connectivity index is 0.000000471. The van der Waals surface area contributed by atoms with Crippen LogP contribution in [0.3, 0.4) is 0 Å². The fourth-order valence-corrected chi connectivity index (χ4v) is 4.69. The summed E-state index contributed by atoms with van der Waals surface area (Å²) in [5.41, 5.74) is 1.73. The van der Waals surface area contributed by atoms with Gasteiger partial charge in [0.1, 0.15) is 0 Å². The van der Waals surface area contributed by atoms with E-state index in [1.807, 2.05) is 24.3 Å². The van der Waals surface area contributed by atoms with Crippen molar-refractivity contribution in [3.8, 4) is 0 Å². The first-order valence-electron chi connectivity index (χ1n) is 15.1. The van der Waals surface area contributed by atoms with Gasteiger partial charge in [-0.1, -0.05) is 91.2 Å². The highest BCUT2D eigenvalue weighted by Gasteiger charge is 2.12. The number of aromatic amines is 1. The van der Waals surface area contributed by atoms with E-state index in [0.29, 0.717) is 11.8 Å². The summed E-state index contributed by atoms with van der Waals surface area (Å²) in [5.74, 6) is -0.299. The molecular weight excluding hydrogens is 494 g/mol. The first-order valence-corrected chi connectivity index (χ1v) is 15.9. The number of nitrogens with zero attached hydrogens (tertiary/aromatic N) is 2. The minimum Gasteiger partial charge on any atom is -0.466 e. The first-order chi connectivity index (χ1) is 18.5. The van der Waals surface area contributed by atoms with Gasteiger partial charge in [-0.3, -0.25) is 9.59 Å². The molecule has 0 saturated carbocycles. The van der Waals surface area contributed by atoms with Crippen LogP contribution in [0.2, 0.25) is 0 Å². The Bertz CT molecular complexity index is 819. The average molecular weight is 548 g/mol. The molecule has 0 amide bonds. The van der Waals surface area contributed by atoms with Crippen molar-refractivity contribution in [3.05, 3.63) is 24.3 Å². The van der Waals surface area contributed by atoms with Gasteiger partial charge in [0, 0.05) is 6.42 Å². The third-order valence-corrected chi connectivity index (χ3v) is 7.17. The van der Waals surface area contributed by atoms with E-state index < -0.39 is 0 Å². The molecule has 1 N–H and O–H groups in total. The van der Waals surface area contributed by atoms with Gasteiger partial charge < -0.3 is 14.6 Å². The number of carbonyl (C=O) groups excluding carboxylic acids is 2. The van der Waals surface area contributed by atoms with Crippen LogP contribution in [0.1, 0.15) is 118 Å². The van der Waals surface area contributed by atoms with Crippen molar-refractivity contribution in [2.75, 3.05) is 26.2 Å². The largest absolute Gasteiger partial charge is 0.466 e. The van der Waals surface area contributed by atoms with Crippen molar-refractivity contribution in [3.63, 3.8) is 0 Å². The molecule has 1 heterocycles. The second-order valence-electron chi connectivity index (χ2n) is 9.92. The van der Waals surface area contributed by atoms with E-state index in [4.69, 9.17) is 4.74 Å². The number of H-pyrrole nitrogens is 1. The number of hydrogen-bond acceptors (Lipinski definition) is 6. The number of thioether (sulfide) groups is 1. The lowest BCUT2D eigenvalue weighted by Crippen LogP contribution is -2.27. The first kappa shape index (κ1) is 34.2. The third kappa shape index (κ3) is 16.9. The summed E-state index contributed by atoms with van der Waals surface area (Å²) in [7, 11) is 0. The molecule has 1 aromatic carbocycles. The molecule has 38 heavy (non-hydrogen) atoms. The van der Waals surface area contributed by atoms with Gasteiger partial charge in [-0.25, -0.2) is 4.98 Å². The fraction of sp³-hybridized carbons (Fsp3) is 0.710. The van der Waals surface area contributed by atoms with Gasteiger partial charge in [0.15, 0.2) is 10.3 Å². The summed E-state index contributed by atoms with van der Waals surface area (Å²) < 4.78 is 5.17. The second kappa shape index (κ2) is 23.1. The minimum absolute atomic E-state index is 0.0874. The van der Waals surface area contributed by atoms with E-state index in [9.17, 15) is 9.59 Å². The van der Waals surface area contributed by atoms with E-state index in [1.54, 1.807) is 0 Å². The molecule has 0 aliphatic carbocycles. The van der Waals surface area contributed by atoms with E-state index in [0.717, 1.165) is 35.6 Å². The average Bonchev–Trinajstić information content (AvgIpc) is 3.33. The van der Waals surface area contributed by atoms with Gasteiger partial charge in [0.25, 0.3) is 0 Å². The number of rotatable bonds is 20. The SMILES string of the molecule is CCCCCCCCOC(=O)CCC(=O)Sc1nc2ccccc2[nH]1.CCCCN(CCCC)CCCC. The smallest absolute Gasteiger partial charge is 0.306 e. The number of imidazole rings is 1. The van der Waals surface area contributed by atoms with Crippen molar-refractivity contribution in [2.24, 2.45) is 0 Å². The summed E-state index contributed by atoms with van der Waals surface area (Å²) in [5, 5.41) is 0.474. The van der Waals surface area contributed by atoms with Gasteiger partial charge in [0.2, 0.25) is 0 Å². The van der Waals surface area contributed by atoms with Crippen molar-refractivity contribution in [2.45, 2.75) is 123 Å². The van der Waals surface area contributed by atoms with E-state index in [-0.39, 0.29) is 23.9 Å². The van der Waals surface area contributed by atoms with Crippen LogP contribution >= 0.6 is 11.8 Å². The second-order valence-corrected chi connectivity index (χ2v) is 11.0. The number of aromatic nitrogens is 2.